The van der Waals surface area contributed by atoms with Crippen molar-refractivity contribution in [3.8, 4) is 0 Å². The van der Waals surface area contributed by atoms with Crippen LogP contribution in [0.25, 0.3) is 0 Å². The second kappa shape index (κ2) is 22.7. The van der Waals surface area contributed by atoms with E-state index in [2.05, 4.69) is 177 Å². The van der Waals surface area contributed by atoms with E-state index in [0.29, 0.717) is 0 Å². The third-order valence-electron chi connectivity index (χ3n) is 7.76. The Balaban J connectivity index is 0.000000342. The number of hydrogen-bond donors (Lipinski definition) is 0. The number of rotatable bonds is 0. The van der Waals surface area contributed by atoms with Crippen molar-refractivity contribution < 1.29 is 4.42 Å². The summed E-state index contributed by atoms with van der Waals surface area (Å²) < 4.78 is 5.20. The summed E-state index contributed by atoms with van der Waals surface area (Å²) in [7, 11) is 0. The topological polar surface area (TPSA) is 103 Å². The molecule has 6 heterocycles. The van der Waals surface area contributed by atoms with Crippen molar-refractivity contribution in [1.82, 2.24) is 34.9 Å². The van der Waals surface area contributed by atoms with E-state index in [1.54, 1.807) is 60.1 Å². The molecule has 0 atom stereocenters. The van der Waals surface area contributed by atoms with E-state index in [4.69, 9.17) is 4.42 Å². The second-order valence-electron chi connectivity index (χ2n) is 19.6. The molecule has 0 aromatic carbocycles. The Kier molecular flexibility index (Phi) is 20.3. The third-order valence-corrected chi connectivity index (χ3v) is 9.55. The Morgan fingerprint density at radius 1 is 0.474 bits per heavy atom. The van der Waals surface area contributed by atoms with E-state index < -0.39 is 0 Å². The van der Waals surface area contributed by atoms with Crippen LogP contribution >= 0.6 is 22.7 Å². The summed E-state index contributed by atoms with van der Waals surface area (Å²) in [6.45, 7) is 38.8. The minimum Gasteiger partial charge on any atom is -0.469 e. The Bertz CT molecular complexity index is 1610. The van der Waals surface area contributed by atoms with Crippen LogP contribution in [0.5, 0.6) is 0 Å². The summed E-state index contributed by atoms with van der Waals surface area (Å²) in [5.41, 5.74) is 7.64. The molecule has 6 rings (SSSR count). The lowest BCUT2D eigenvalue weighted by molar-refractivity contribution is 0.409. The molecule has 0 saturated heterocycles. The van der Waals surface area contributed by atoms with Gasteiger partial charge in [0, 0.05) is 86.9 Å². The van der Waals surface area contributed by atoms with Crippen LogP contribution in [0.3, 0.4) is 0 Å². The molecule has 0 N–H and O–H groups in total. The summed E-state index contributed by atoms with van der Waals surface area (Å²) in [6.07, 6.45) is 15.8. The van der Waals surface area contributed by atoms with Crippen molar-refractivity contribution in [2.24, 2.45) is 0 Å². The van der Waals surface area contributed by atoms with Gasteiger partial charge < -0.3 is 4.42 Å². The standard InChI is InChI=1S/C9H13N.2C8H12N2.C8H12O.2C7H11NS/c1-9(2,3)8-4-6-10-7-5-8;1-8(2,3)7-6-9-4-5-10-7;1-8(2,3)7-4-5-9-6-10-7;1-8(2,3)7-5-4-6-9-7;1-7(2,3)6-4-9-5-8-6;1-7(2,3)6-8-4-5-9-6/h4-7H,1-3H3;2*4-6H,1-3H3;4-6H,1-3H3;2*4-5H,1-3H3. The Morgan fingerprint density at radius 3 is 1.33 bits per heavy atom. The van der Waals surface area contributed by atoms with Crippen molar-refractivity contribution in [3.05, 3.63) is 136 Å². The van der Waals surface area contributed by atoms with Crippen LogP contribution in [0.1, 0.15) is 158 Å². The van der Waals surface area contributed by atoms with Gasteiger partial charge in [-0.3, -0.25) is 15.0 Å². The van der Waals surface area contributed by atoms with Gasteiger partial charge in [0.05, 0.1) is 28.2 Å². The van der Waals surface area contributed by atoms with E-state index in [1.807, 2.05) is 47.7 Å². The van der Waals surface area contributed by atoms with Crippen molar-refractivity contribution in [3.63, 3.8) is 0 Å². The lowest BCUT2D eigenvalue weighted by atomic mass is 9.88. The quantitative estimate of drug-likeness (QED) is 0.149. The first kappa shape index (κ1) is 50.9. The summed E-state index contributed by atoms with van der Waals surface area (Å²) in [5, 5.41) is 5.32. The smallest absolute Gasteiger partial charge is 0.115 e. The number of pyridine rings is 1. The van der Waals surface area contributed by atoms with Gasteiger partial charge in [0.15, 0.2) is 0 Å². The Labute approximate surface area is 353 Å². The Hall–Kier alpha value is -4.15. The molecule has 0 radical (unpaired) electrons. The van der Waals surface area contributed by atoms with Gasteiger partial charge in [-0.1, -0.05) is 125 Å². The van der Waals surface area contributed by atoms with Crippen molar-refractivity contribution in [2.45, 2.75) is 157 Å². The highest BCUT2D eigenvalue weighted by molar-refractivity contribution is 7.09. The fourth-order valence-corrected chi connectivity index (χ4v) is 5.66. The van der Waals surface area contributed by atoms with Gasteiger partial charge in [0.25, 0.3) is 0 Å². The average molecular weight is 814 g/mol. The predicted octanol–water partition coefficient (Wildman–Crippen LogP) is 13.4. The minimum absolute atomic E-state index is 0.119. The number of nitrogens with zero attached hydrogens (tertiary/aromatic N) is 7. The molecule has 0 aliphatic heterocycles. The van der Waals surface area contributed by atoms with Crippen molar-refractivity contribution >= 4 is 22.7 Å². The van der Waals surface area contributed by atoms with E-state index in [0.717, 1.165) is 17.1 Å². The lowest BCUT2D eigenvalue weighted by Gasteiger charge is -2.17. The SMILES string of the molecule is CC(C)(C)c1ccco1.CC(C)(C)c1ccncc1.CC(C)(C)c1ccncn1.CC(C)(C)c1cnccn1.CC(C)(C)c1cscn1.CC(C)(C)c1nccs1. The highest BCUT2D eigenvalue weighted by atomic mass is 32.1. The number of thiazole rings is 2. The summed E-state index contributed by atoms with van der Waals surface area (Å²) in [5.74, 6) is 1.04. The van der Waals surface area contributed by atoms with Gasteiger partial charge in [-0.05, 0) is 41.3 Å². The summed E-state index contributed by atoms with van der Waals surface area (Å²) >= 11 is 3.37. The molecule has 0 aliphatic carbocycles. The monoisotopic (exact) mass is 814 g/mol. The fraction of sp³-hybridized carbons (Fsp3) is 0.511. The molecule has 8 nitrogen and oxygen atoms in total. The van der Waals surface area contributed by atoms with E-state index in [1.165, 1.54) is 16.3 Å². The molecule has 312 valence electrons. The molecule has 0 saturated carbocycles. The van der Waals surface area contributed by atoms with Crippen LogP contribution in [0.15, 0.2) is 107 Å². The summed E-state index contributed by atoms with van der Waals surface area (Å²) in [6, 6.07) is 9.97. The molecular formula is C47H71N7OS2. The molecule has 0 unspecified atom stereocenters. The van der Waals surface area contributed by atoms with Gasteiger partial charge in [-0.2, -0.15) is 0 Å². The van der Waals surface area contributed by atoms with Crippen molar-refractivity contribution in [1.29, 1.82) is 0 Å². The Morgan fingerprint density at radius 2 is 1.07 bits per heavy atom. The molecule has 57 heavy (non-hydrogen) atoms. The first-order valence-corrected chi connectivity index (χ1v) is 21.2. The molecule has 6 aromatic heterocycles. The molecule has 0 fully saturated rings. The van der Waals surface area contributed by atoms with E-state index in [-0.39, 0.29) is 32.5 Å². The van der Waals surface area contributed by atoms with Gasteiger partial charge in [0.2, 0.25) is 0 Å². The highest BCUT2D eigenvalue weighted by Crippen LogP contribution is 2.24. The number of aromatic nitrogens is 7. The molecule has 0 spiro atoms. The zero-order valence-electron chi connectivity index (χ0n) is 38.2. The normalized spacial score (nSPS) is 11.7. The molecule has 0 bridgehead atoms. The molecule has 6 aromatic rings. The molecule has 0 aliphatic rings. The van der Waals surface area contributed by atoms with Crippen LogP contribution in [-0.4, -0.2) is 34.9 Å². The zero-order chi connectivity index (χ0) is 43.6. The lowest BCUT2D eigenvalue weighted by Crippen LogP contribution is -2.13. The maximum absolute atomic E-state index is 5.20. The number of furan rings is 1. The highest BCUT2D eigenvalue weighted by Gasteiger charge is 2.17. The predicted molar refractivity (Wildman–Crippen MR) is 243 cm³/mol. The average Bonchev–Trinajstić information content (AvgIpc) is 3.94. The van der Waals surface area contributed by atoms with Gasteiger partial charge in [-0.25, -0.2) is 19.9 Å². The first-order valence-electron chi connectivity index (χ1n) is 19.4. The third kappa shape index (κ3) is 21.8. The van der Waals surface area contributed by atoms with Crippen LogP contribution in [-0.2, 0) is 32.5 Å². The molecule has 10 heteroatoms. The van der Waals surface area contributed by atoms with E-state index in [9.17, 15) is 0 Å². The summed E-state index contributed by atoms with van der Waals surface area (Å²) in [4.78, 5) is 28.5. The zero-order valence-corrected chi connectivity index (χ0v) is 39.8. The van der Waals surface area contributed by atoms with Gasteiger partial charge in [-0.15, -0.1) is 22.7 Å². The second-order valence-corrected chi connectivity index (χ2v) is 21.2. The first-order chi connectivity index (χ1) is 26.1. The van der Waals surface area contributed by atoms with Crippen molar-refractivity contribution in [2.75, 3.05) is 0 Å². The maximum atomic E-state index is 5.20. The molecule has 0 amide bonds. The fourth-order valence-electron chi connectivity index (χ4n) is 4.15. The van der Waals surface area contributed by atoms with Gasteiger partial charge >= 0.3 is 0 Å². The van der Waals surface area contributed by atoms with Crippen LogP contribution in [0.2, 0.25) is 0 Å². The van der Waals surface area contributed by atoms with E-state index >= 15 is 0 Å². The van der Waals surface area contributed by atoms with Gasteiger partial charge in [0.1, 0.15) is 12.1 Å². The molecular weight excluding hydrogens is 743 g/mol. The van der Waals surface area contributed by atoms with Crippen LogP contribution in [0, 0.1) is 0 Å². The minimum atomic E-state index is 0.119. The van der Waals surface area contributed by atoms with Crippen LogP contribution < -0.4 is 0 Å². The largest absolute Gasteiger partial charge is 0.469 e. The number of hydrogen-bond acceptors (Lipinski definition) is 10. The maximum Gasteiger partial charge on any atom is 0.115 e. The van der Waals surface area contributed by atoms with Crippen LogP contribution in [0.4, 0.5) is 0 Å².